The van der Waals surface area contributed by atoms with Crippen LogP contribution in [0.15, 0.2) is 17.2 Å². The first-order chi connectivity index (χ1) is 5.65. The van der Waals surface area contributed by atoms with E-state index in [1.54, 1.807) is 0 Å². The van der Waals surface area contributed by atoms with Crippen molar-refractivity contribution in [2.45, 2.75) is 11.2 Å². The van der Waals surface area contributed by atoms with Gasteiger partial charge < -0.3 is 11.5 Å². The van der Waals surface area contributed by atoms with Crippen LogP contribution in [0.1, 0.15) is 11.7 Å². The molecule has 12 heavy (non-hydrogen) atoms. The molecule has 0 fully saturated rings. The van der Waals surface area contributed by atoms with Crippen molar-refractivity contribution < 1.29 is 8.28 Å². The standard InChI is InChI=1S/C6H7F2N3S/c7-5-3(6(9)10)1-2-4(11-5)12-8/h1-2,6H,9-10H2. The summed E-state index contributed by atoms with van der Waals surface area (Å²) in [6.07, 6.45) is -0.920. The van der Waals surface area contributed by atoms with Crippen LogP contribution in [-0.2, 0) is 0 Å². The van der Waals surface area contributed by atoms with Crippen LogP contribution in [0.2, 0.25) is 0 Å². The van der Waals surface area contributed by atoms with Crippen molar-refractivity contribution in [1.82, 2.24) is 4.98 Å². The number of nitrogens with two attached hydrogens (primary N) is 2. The summed E-state index contributed by atoms with van der Waals surface area (Å²) < 4.78 is 24.7. The van der Waals surface area contributed by atoms with Crippen molar-refractivity contribution in [3.63, 3.8) is 0 Å². The molecule has 1 aromatic rings. The summed E-state index contributed by atoms with van der Waals surface area (Å²) in [5.41, 5.74) is 10.5. The number of hydrogen-bond acceptors (Lipinski definition) is 4. The lowest BCUT2D eigenvalue weighted by atomic mass is 10.2. The summed E-state index contributed by atoms with van der Waals surface area (Å²) in [6, 6.07) is 2.63. The Morgan fingerprint density at radius 2 is 2.08 bits per heavy atom. The Kier molecular flexibility index (Phi) is 2.96. The van der Waals surface area contributed by atoms with Crippen LogP contribution in [0.25, 0.3) is 0 Å². The Labute approximate surface area is 72.4 Å². The van der Waals surface area contributed by atoms with Crippen LogP contribution < -0.4 is 11.5 Å². The van der Waals surface area contributed by atoms with Gasteiger partial charge >= 0.3 is 0 Å². The molecular formula is C6H7F2N3S. The molecule has 0 amide bonds. The number of hydrogen-bond donors (Lipinski definition) is 2. The number of aromatic nitrogens is 1. The number of halogens is 2. The van der Waals surface area contributed by atoms with Gasteiger partial charge in [0.15, 0.2) is 0 Å². The Hall–Kier alpha value is -0.720. The fraction of sp³-hybridized carbons (Fsp3) is 0.167. The van der Waals surface area contributed by atoms with Crippen molar-refractivity contribution in [2.24, 2.45) is 11.5 Å². The minimum absolute atomic E-state index is 0.0445. The van der Waals surface area contributed by atoms with Crippen molar-refractivity contribution in [2.75, 3.05) is 0 Å². The molecule has 0 aliphatic heterocycles. The van der Waals surface area contributed by atoms with Gasteiger partial charge in [-0.2, -0.15) is 8.28 Å². The van der Waals surface area contributed by atoms with Crippen molar-refractivity contribution in [3.8, 4) is 0 Å². The second kappa shape index (κ2) is 3.79. The third-order valence-corrected chi connectivity index (χ3v) is 1.68. The maximum atomic E-state index is 12.8. The van der Waals surface area contributed by atoms with Gasteiger partial charge in [-0.25, -0.2) is 4.98 Å². The molecule has 0 atom stereocenters. The van der Waals surface area contributed by atoms with Gasteiger partial charge in [0.05, 0.1) is 6.17 Å². The van der Waals surface area contributed by atoms with E-state index in [1.165, 1.54) is 12.1 Å². The van der Waals surface area contributed by atoms with E-state index in [0.717, 1.165) is 0 Å². The second-order valence-electron chi connectivity index (χ2n) is 2.13. The highest BCUT2D eigenvalue weighted by Gasteiger charge is 2.09. The summed E-state index contributed by atoms with van der Waals surface area (Å²) in [4.78, 5) is 3.27. The minimum Gasteiger partial charge on any atom is -0.312 e. The molecule has 1 aromatic heterocycles. The van der Waals surface area contributed by atoms with Crippen LogP contribution >= 0.6 is 12.1 Å². The first-order valence-corrected chi connectivity index (χ1v) is 3.83. The highest BCUT2D eigenvalue weighted by molar-refractivity contribution is 7.94. The molecule has 4 N–H and O–H groups in total. The Morgan fingerprint density at radius 3 is 2.50 bits per heavy atom. The SMILES string of the molecule is NC(N)c1ccc(SF)nc1F. The lowest BCUT2D eigenvalue weighted by Crippen LogP contribution is -2.21. The molecule has 0 spiro atoms. The number of pyridine rings is 1. The summed E-state index contributed by atoms with van der Waals surface area (Å²) in [7, 11) is 0. The van der Waals surface area contributed by atoms with Gasteiger partial charge in [-0.1, -0.05) is 0 Å². The molecular weight excluding hydrogens is 184 g/mol. The average Bonchev–Trinajstić information content (AvgIpc) is 2.03. The minimum atomic E-state index is -0.920. The summed E-state index contributed by atoms with van der Waals surface area (Å²) in [6.45, 7) is 0. The molecule has 66 valence electrons. The van der Waals surface area contributed by atoms with Crippen LogP contribution in [0, 0.1) is 5.95 Å². The summed E-state index contributed by atoms with van der Waals surface area (Å²) in [5.74, 6) is -0.826. The number of rotatable bonds is 2. The monoisotopic (exact) mass is 191 g/mol. The van der Waals surface area contributed by atoms with Gasteiger partial charge in [0.1, 0.15) is 17.2 Å². The van der Waals surface area contributed by atoms with Gasteiger partial charge in [-0.15, -0.1) is 0 Å². The Balaban J connectivity index is 3.03. The summed E-state index contributed by atoms with van der Waals surface area (Å²) in [5, 5.41) is -0.0445. The molecule has 0 saturated carbocycles. The first-order valence-electron chi connectivity index (χ1n) is 3.11. The van der Waals surface area contributed by atoms with E-state index in [0.29, 0.717) is 0 Å². The van der Waals surface area contributed by atoms with E-state index in [1.807, 2.05) is 0 Å². The fourth-order valence-electron chi connectivity index (χ4n) is 0.720. The molecule has 0 saturated heterocycles. The zero-order chi connectivity index (χ0) is 9.14. The van der Waals surface area contributed by atoms with Crippen molar-refractivity contribution in [1.29, 1.82) is 0 Å². The molecule has 0 aliphatic rings. The molecule has 3 nitrogen and oxygen atoms in total. The molecule has 1 rings (SSSR count). The van der Waals surface area contributed by atoms with Crippen LogP contribution in [-0.4, -0.2) is 4.98 Å². The highest BCUT2D eigenvalue weighted by Crippen LogP contribution is 2.18. The topological polar surface area (TPSA) is 64.9 Å². The zero-order valence-electron chi connectivity index (χ0n) is 6.00. The molecule has 0 aliphatic carbocycles. The van der Waals surface area contributed by atoms with Gasteiger partial charge in [0.2, 0.25) is 5.95 Å². The maximum absolute atomic E-state index is 12.8. The van der Waals surface area contributed by atoms with E-state index in [9.17, 15) is 8.28 Å². The number of nitrogens with zero attached hydrogens (tertiary/aromatic N) is 1. The van der Waals surface area contributed by atoms with Crippen LogP contribution in [0.3, 0.4) is 0 Å². The van der Waals surface area contributed by atoms with E-state index in [4.69, 9.17) is 11.5 Å². The van der Waals surface area contributed by atoms with Gasteiger partial charge in [-0.3, -0.25) is 0 Å². The average molecular weight is 191 g/mol. The molecule has 6 heteroatoms. The molecule has 0 bridgehead atoms. The predicted octanol–water partition coefficient (Wildman–Crippen LogP) is 1.11. The third-order valence-electron chi connectivity index (χ3n) is 1.29. The Morgan fingerprint density at radius 1 is 1.42 bits per heavy atom. The largest absolute Gasteiger partial charge is 0.312 e. The predicted molar refractivity (Wildman–Crippen MR) is 42.3 cm³/mol. The van der Waals surface area contributed by atoms with E-state index in [2.05, 4.69) is 4.98 Å². The molecule has 0 unspecified atom stereocenters. The zero-order valence-corrected chi connectivity index (χ0v) is 6.81. The highest BCUT2D eigenvalue weighted by atomic mass is 32.2. The van der Waals surface area contributed by atoms with E-state index >= 15 is 0 Å². The second-order valence-corrected chi connectivity index (χ2v) is 2.71. The lowest BCUT2D eigenvalue weighted by Gasteiger charge is -2.05. The van der Waals surface area contributed by atoms with Crippen LogP contribution in [0.5, 0.6) is 0 Å². The first kappa shape index (κ1) is 9.37. The maximum Gasteiger partial charge on any atom is 0.220 e. The van der Waals surface area contributed by atoms with E-state index < -0.39 is 12.1 Å². The smallest absolute Gasteiger partial charge is 0.220 e. The fourth-order valence-corrected chi connectivity index (χ4v) is 0.954. The van der Waals surface area contributed by atoms with E-state index in [-0.39, 0.29) is 22.7 Å². The Bertz CT molecular complexity index is 279. The molecule has 0 radical (unpaired) electrons. The third kappa shape index (κ3) is 1.90. The van der Waals surface area contributed by atoms with Gasteiger partial charge in [0.25, 0.3) is 0 Å². The lowest BCUT2D eigenvalue weighted by molar-refractivity contribution is 0.537. The van der Waals surface area contributed by atoms with Gasteiger partial charge in [0, 0.05) is 5.56 Å². The normalized spacial score (nSPS) is 10.8. The van der Waals surface area contributed by atoms with Crippen LogP contribution in [0.4, 0.5) is 8.28 Å². The molecule has 1 heterocycles. The van der Waals surface area contributed by atoms with Crippen molar-refractivity contribution in [3.05, 3.63) is 23.6 Å². The quantitative estimate of drug-likeness (QED) is 0.543. The molecule has 0 aromatic carbocycles. The summed E-state index contributed by atoms with van der Waals surface area (Å²) >= 11 is -0.129. The van der Waals surface area contributed by atoms with Gasteiger partial charge in [-0.05, 0) is 12.1 Å². The van der Waals surface area contributed by atoms with Crippen molar-refractivity contribution >= 4 is 12.1 Å².